The van der Waals surface area contributed by atoms with E-state index in [-0.39, 0.29) is 17.4 Å². The molecule has 0 fully saturated rings. The number of furan rings is 2. The SMILES string of the molecule is CCCNC(c1ccc(Br)o1)c1cc2cccc(F)c2o1. The van der Waals surface area contributed by atoms with Gasteiger partial charge in [0, 0.05) is 5.39 Å². The maximum atomic E-state index is 13.8. The van der Waals surface area contributed by atoms with Gasteiger partial charge in [0.2, 0.25) is 0 Å². The van der Waals surface area contributed by atoms with E-state index in [1.165, 1.54) is 6.07 Å². The maximum Gasteiger partial charge on any atom is 0.169 e. The van der Waals surface area contributed by atoms with Crippen LogP contribution in [0.2, 0.25) is 0 Å². The number of hydrogen-bond acceptors (Lipinski definition) is 3. The van der Waals surface area contributed by atoms with Gasteiger partial charge in [-0.1, -0.05) is 19.1 Å². The molecule has 0 bridgehead atoms. The Hall–Kier alpha value is -1.59. The van der Waals surface area contributed by atoms with E-state index in [4.69, 9.17) is 8.83 Å². The lowest BCUT2D eigenvalue weighted by Crippen LogP contribution is -2.22. The van der Waals surface area contributed by atoms with Crippen LogP contribution in [0, 0.1) is 5.82 Å². The highest BCUT2D eigenvalue weighted by Gasteiger charge is 2.22. The molecule has 21 heavy (non-hydrogen) atoms. The molecule has 0 aliphatic rings. The minimum absolute atomic E-state index is 0.233. The van der Waals surface area contributed by atoms with E-state index in [9.17, 15) is 4.39 Å². The average molecular weight is 352 g/mol. The lowest BCUT2D eigenvalue weighted by atomic mass is 10.1. The topological polar surface area (TPSA) is 38.3 Å². The average Bonchev–Trinajstić information content (AvgIpc) is 3.07. The van der Waals surface area contributed by atoms with E-state index in [1.54, 1.807) is 6.07 Å². The third-order valence-corrected chi connectivity index (χ3v) is 3.70. The van der Waals surface area contributed by atoms with Gasteiger partial charge >= 0.3 is 0 Å². The largest absolute Gasteiger partial charge is 0.456 e. The van der Waals surface area contributed by atoms with Crippen molar-refractivity contribution in [2.24, 2.45) is 0 Å². The van der Waals surface area contributed by atoms with E-state index in [0.717, 1.165) is 24.1 Å². The Kier molecular flexibility index (Phi) is 4.12. The van der Waals surface area contributed by atoms with Gasteiger partial charge < -0.3 is 14.2 Å². The molecule has 1 aromatic carbocycles. The smallest absolute Gasteiger partial charge is 0.169 e. The first kappa shape index (κ1) is 14.4. The summed E-state index contributed by atoms with van der Waals surface area (Å²) in [7, 11) is 0. The van der Waals surface area contributed by atoms with Gasteiger partial charge in [-0.2, -0.15) is 0 Å². The summed E-state index contributed by atoms with van der Waals surface area (Å²) in [5.41, 5.74) is 0.279. The van der Waals surface area contributed by atoms with Crippen LogP contribution in [-0.4, -0.2) is 6.54 Å². The van der Waals surface area contributed by atoms with Gasteiger partial charge in [-0.3, -0.25) is 0 Å². The number of nitrogens with one attached hydrogen (secondary N) is 1. The second-order valence-electron chi connectivity index (χ2n) is 4.84. The van der Waals surface area contributed by atoms with Gasteiger partial charge in [0.1, 0.15) is 17.6 Å². The summed E-state index contributed by atoms with van der Waals surface area (Å²) in [6.45, 7) is 2.89. The van der Waals surface area contributed by atoms with Crippen LogP contribution < -0.4 is 5.32 Å². The molecule has 0 spiro atoms. The minimum atomic E-state index is -0.353. The summed E-state index contributed by atoms with van der Waals surface area (Å²) in [6, 6.07) is 10.2. The molecule has 3 nitrogen and oxygen atoms in total. The maximum absolute atomic E-state index is 13.8. The molecular weight excluding hydrogens is 337 g/mol. The summed E-state index contributed by atoms with van der Waals surface area (Å²) < 4.78 is 25.8. The molecule has 1 atom stereocenters. The van der Waals surface area contributed by atoms with Gasteiger partial charge in [0.25, 0.3) is 0 Å². The third-order valence-electron chi connectivity index (χ3n) is 3.28. The predicted octanol–water partition coefficient (Wildman–Crippen LogP) is 5.02. The zero-order valence-electron chi connectivity index (χ0n) is 11.5. The van der Waals surface area contributed by atoms with Crippen LogP contribution in [0.3, 0.4) is 0 Å². The molecule has 1 N–H and O–H groups in total. The lowest BCUT2D eigenvalue weighted by molar-refractivity contribution is 0.388. The second kappa shape index (κ2) is 6.03. The molecule has 110 valence electrons. The third kappa shape index (κ3) is 2.89. The monoisotopic (exact) mass is 351 g/mol. The molecule has 0 saturated heterocycles. The molecule has 0 aliphatic carbocycles. The van der Waals surface area contributed by atoms with Gasteiger partial charge in [0.15, 0.2) is 16.1 Å². The molecule has 0 amide bonds. The highest BCUT2D eigenvalue weighted by molar-refractivity contribution is 9.10. The fourth-order valence-electron chi connectivity index (χ4n) is 2.30. The standard InChI is InChI=1S/C16H15BrFNO2/c1-2-8-19-15(12-6-7-14(17)20-12)13-9-10-4-3-5-11(18)16(10)21-13/h3-7,9,15,19H,2,8H2,1H3. The summed E-state index contributed by atoms with van der Waals surface area (Å²) in [5, 5.41) is 4.11. The number of para-hydroxylation sites is 1. The first-order chi connectivity index (χ1) is 10.2. The van der Waals surface area contributed by atoms with Crippen molar-refractivity contribution in [3.63, 3.8) is 0 Å². The first-order valence-corrected chi connectivity index (χ1v) is 7.65. The van der Waals surface area contributed by atoms with Crippen LogP contribution in [0.5, 0.6) is 0 Å². The first-order valence-electron chi connectivity index (χ1n) is 6.85. The number of rotatable bonds is 5. The lowest BCUT2D eigenvalue weighted by Gasteiger charge is -2.13. The normalized spacial score (nSPS) is 12.9. The molecule has 2 aromatic heterocycles. The van der Waals surface area contributed by atoms with Crippen molar-refractivity contribution in [3.05, 3.63) is 58.4 Å². The fourth-order valence-corrected chi connectivity index (χ4v) is 2.62. The number of hydrogen-bond donors (Lipinski definition) is 1. The van der Waals surface area contributed by atoms with E-state index >= 15 is 0 Å². The Morgan fingerprint density at radius 3 is 2.71 bits per heavy atom. The Balaban J connectivity index is 2.03. The van der Waals surface area contributed by atoms with Crippen molar-refractivity contribution < 1.29 is 13.2 Å². The molecular formula is C16H15BrFNO2. The van der Waals surface area contributed by atoms with Crippen molar-refractivity contribution in [1.82, 2.24) is 5.32 Å². The van der Waals surface area contributed by atoms with Crippen LogP contribution >= 0.6 is 15.9 Å². The van der Waals surface area contributed by atoms with Gasteiger partial charge in [-0.25, -0.2) is 4.39 Å². The van der Waals surface area contributed by atoms with Crippen molar-refractivity contribution in [2.45, 2.75) is 19.4 Å². The Morgan fingerprint density at radius 1 is 1.19 bits per heavy atom. The zero-order valence-corrected chi connectivity index (χ0v) is 13.1. The van der Waals surface area contributed by atoms with Crippen molar-refractivity contribution >= 4 is 26.9 Å². The van der Waals surface area contributed by atoms with Crippen LogP contribution in [0.1, 0.15) is 30.9 Å². The molecule has 3 rings (SSSR count). The summed E-state index contributed by atoms with van der Waals surface area (Å²) in [6.07, 6.45) is 0.979. The number of halogens is 2. The summed E-state index contributed by atoms with van der Waals surface area (Å²) in [5.74, 6) is 1.02. The molecule has 5 heteroatoms. The Morgan fingerprint density at radius 2 is 2.05 bits per heavy atom. The number of fused-ring (bicyclic) bond motifs is 1. The highest BCUT2D eigenvalue weighted by atomic mass is 79.9. The van der Waals surface area contributed by atoms with Crippen molar-refractivity contribution in [2.75, 3.05) is 6.54 Å². The Bertz CT molecular complexity index is 750. The Labute approximate surface area is 130 Å². The van der Waals surface area contributed by atoms with Gasteiger partial charge in [-0.15, -0.1) is 0 Å². The predicted molar refractivity (Wildman–Crippen MR) is 82.7 cm³/mol. The van der Waals surface area contributed by atoms with E-state index in [1.807, 2.05) is 24.3 Å². The zero-order chi connectivity index (χ0) is 14.8. The molecule has 1 unspecified atom stereocenters. The van der Waals surface area contributed by atoms with E-state index < -0.39 is 0 Å². The van der Waals surface area contributed by atoms with Crippen LogP contribution in [0.4, 0.5) is 4.39 Å². The van der Waals surface area contributed by atoms with Crippen LogP contribution in [0.15, 0.2) is 49.9 Å². The van der Waals surface area contributed by atoms with E-state index in [2.05, 4.69) is 28.2 Å². The fraction of sp³-hybridized carbons (Fsp3) is 0.250. The number of benzene rings is 1. The second-order valence-corrected chi connectivity index (χ2v) is 5.62. The molecule has 2 heterocycles. The molecule has 0 aliphatic heterocycles. The van der Waals surface area contributed by atoms with Gasteiger partial charge in [0.05, 0.1) is 0 Å². The van der Waals surface area contributed by atoms with Crippen molar-refractivity contribution in [3.8, 4) is 0 Å². The summed E-state index contributed by atoms with van der Waals surface area (Å²) in [4.78, 5) is 0. The van der Waals surface area contributed by atoms with Crippen molar-refractivity contribution in [1.29, 1.82) is 0 Å². The molecule has 0 radical (unpaired) electrons. The van der Waals surface area contributed by atoms with Crippen LogP contribution in [0.25, 0.3) is 11.0 Å². The highest BCUT2D eigenvalue weighted by Crippen LogP contribution is 2.31. The van der Waals surface area contributed by atoms with Gasteiger partial charge in [-0.05, 0) is 53.2 Å². The summed E-state index contributed by atoms with van der Waals surface area (Å²) >= 11 is 3.30. The van der Waals surface area contributed by atoms with Crippen LogP contribution in [-0.2, 0) is 0 Å². The molecule has 3 aromatic rings. The van der Waals surface area contributed by atoms with E-state index in [0.29, 0.717) is 10.4 Å². The minimum Gasteiger partial charge on any atom is -0.456 e. The quantitative estimate of drug-likeness (QED) is 0.701. The molecule has 0 saturated carbocycles.